The molecule has 21 heavy (non-hydrogen) atoms. The molecule has 5 nitrogen and oxygen atoms in total. The van der Waals surface area contributed by atoms with Crippen molar-refractivity contribution in [3.63, 3.8) is 0 Å². The molecule has 0 aliphatic carbocycles. The minimum atomic E-state index is -3.70. The number of sulfonamides is 1. The zero-order valence-electron chi connectivity index (χ0n) is 10.7. The van der Waals surface area contributed by atoms with Crippen LogP contribution >= 0.6 is 15.9 Å². The molecular weight excluding hydrogens is 354 g/mol. The molecule has 1 aromatic carbocycles. The molecule has 2 aromatic heterocycles. The van der Waals surface area contributed by atoms with E-state index in [4.69, 9.17) is 0 Å². The highest BCUT2D eigenvalue weighted by Crippen LogP contribution is 2.25. The summed E-state index contributed by atoms with van der Waals surface area (Å²) < 4.78 is 28.0. The average Bonchev–Trinajstić information content (AvgIpc) is 2.47. The lowest BCUT2D eigenvalue weighted by atomic mass is 10.1. The van der Waals surface area contributed by atoms with Gasteiger partial charge in [-0.25, -0.2) is 8.42 Å². The lowest BCUT2D eigenvalue weighted by molar-refractivity contribution is 0.601. The predicted molar refractivity (Wildman–Crippen MR) is 84.5 cm³/mol. The first-order valence-electron chi connectivity index (χ1n) is 6.02. The van der Waals surface area contributed by atoms with E-state index in [1.807, 2.05) is 12.1 Å². The molecule has 3 aromatic rings. The zero-order valence-corrected chi connectivity index (χ0v) is 13.1. The minimum Gasteiger partial charge on any atom is -0.279 e. The number of fused-ring (bicyclic) bond motifs is 1. The molecule has 0 aliphatic heterocycles. The summed E-state index contributed by atoms with van der Waals surface area (Å²) in [5, 5.41) is 1.66. The van der Waals surface area contributed by atoms with Gasteiger partial charge in [-0.2, -0.15) is 0 Å². The molecule has 106 valence electrons. The summed E-state index contributed by atoms with van der Waals surface area (Å²) in [6.07, 6.45) is 6.13. The van der Waals surface area contributed by atoms with Crippen molar-refractivity contribution in [3.05, 3.63) is 59.6 Å². The van der Waals surface area contributed by atoms with E-state index in [1.165, 1.54) is 18.5 Å². The maximum absolute atomic E-state index is 12.4. The first kappa shape index (κ1) is 14.0. The summed E-state index contributed by atoms with van der Waals surface area (Å²) in [6, 6.07) is 8.72. The number of aromatic nitrogens is 2. The van der Waals surface area contributed by atoms with Crippen LogP contribution in [0.25, 0.3) is 10.8 Å². The van der Waals surface area contributed by atoms with E-state index >= 15 is 0 Å². The van der Waals surface area contributed by atoms with Gasteiger partial charge in [-0.05, 0) is 39.5 Å². The van der Waals surface area contributed by atoms with Crippen LogP contribution in [0.1, 0.15) is 0 Å². The van der Waals surface area contributed by atoms with Crippen LogP contribution in [0.4, 0.5) is 5.69 Å². The van der Waals surface area contributed by atoms with E-state index < -0.39 is 10.0 Å². The van der Waals surface area contributed by atoms with Crippen molar-refractivity contribution < 1.29 is 8.42 Å². The van der Waals surface area contributed by atoms with Crippen molar-refractivity contribution >= 4 is 42.4 Å². The van der Waals surface area contributed by atoms with Crippen LogP contribution < -0.4 is 4.72 Å². The Labute approximate surface area is 130 Å². The summed E-state index contributed by atoms with van der Waals surface area (Å²) in [5.41, 5.74) is 0.487. The van der Waals surface area contributed by atoms with Gasteiger partial charge in [0, 0.05) is 34.6 Å². The normalized spacial score (nSPS) is 11.5. The van der Waals surface area contributed by atoms with Gasteiger partial charge in [0.2, 0.25) is 0 Å². The van der Waals surface area contributed by atoms with Crippen LogP contribution in [-0.2, 0) is 10.0 Å². The molecule has 0 saturated carbocycles. The molecule has 0 saturated heterocycles. The number of halogens is 1. The largest absolute Gasteiger partial charge is 0.279 e. The number of hydrogen-bond donors (Lipinski definition) is 1. The van der Waals surface area contributed by atoms with Gasteiger partial charge in [-0.3, -0.25) is 14.7 Å². The fourth-order valence-corrected chi connectivity index (χ4v) is 3.53. The lowest BCUT2D eigenvalue weighted by Gasteiger charge is -2.10. The molecule has 2 heterocycles. The Morgan fingerprint density at radius 3 is 2.71 bits per heavy atom. The molecule has 0 spiro atoms. The summed E-state index contributed by atoms with van der Waals surface area (Å²) in [5.74, 6) is 0. The van der Waals surface area contributed by atoms with Gasteiger partial charge >= 0.3 is 0 Å². The third-order valence-corrected chi connectivity index (χ3v) is 4.68. The maximum Gasteiger partial charge on any atom is 0.263 e. The minimum absolute atomic E-state index is 0.0952. The number of pyridine rings is 2. The molecule has 0 aliphatic rings. The van der Waals surface area contributed by atoms with E-state index in [0.717, 1.165) is 10.8 Å². The van der Waals surface area contributed by atoms with Gasteiger partial charge in [0.05, 0.1) is 5.69 Å². The Morgan fingerprint density at radius 2 is 1.90 bits per heavy atom. The van der Waals surface area contributed by atoms with Crippen LogP contribution in [0.15, 0.2) is 64.5 Å². The van der Waals surface area contributed by atoms with Crippen molar-refractivity contribution in [2.75, 3.05) is 4.72 Å². The second kappa shape index (κ2) is 5.42. The monoisotopic (exact) mass is 363 g/mol. The zero-order chi connectivity index (χ0) is 14.9. The molecule has 1 N–H and O–H groups in total. The van der Waals surface area contributed by atoms with E-state index in [-0.39, 0.29) is 4.90 Å². The van der Waals surface area contributed by atoms with Crippen LogP contribution in [0, 0.1) is 0 Å². The van der Waals surface area contributed by atoms with Crippen molar-refractivity contribution in [2.24, 2.45) is 0 Å². The fourth-order valence-electron chi connectivity index (χ4n) is 1.95. The number of rotatable bonds is 3. The molecule has 0 bridgehead atoms. The third-order valence-electron chi connectivity index (χ3n) is 2.92. The van der Waals surface area contributed by atoms with E-state index in [0.29, 0.717) is 10.2 Å². The first-order valence-corrected chi connectivity index (χ1v) is 8.30. The van der Waals surface area contributed by atoms with Crippen molar-refractivity contribution in [3.8, 4) is 0 Å². The van der Waals surface area contributed by atoms with Gasteiger partial charge in [0.1, 0.15) is 4.90 Å². The maximum atomic E-state index is 12.4. The Hall–Kier alpha value is -1.99. The lowest BCUT2D eigenvalue weighted by Crippen LogP contribution is -2.13. The number of anilines is 1. The number of hydrogen-bond acceptors (Lipinski definition) is 4. The van der Waals surface area contributed by atoms with Gasteiger partial charge in [-0.15, -0.1) is 0 Å². The molecule has 0 atom stereocenters. The number of nitrogens with one attached hydrogen (secondary N) is 1. The highest BCUT2D eigenvalue weighted by atomic mass is 79.9. The van der Waals surface area contributed by atoms with E-state index in [2.05, 4.69) is 30.6 Å². The Balaban J connectivity index is 2.06. The first-order chi connectivity index (χ1) is 10.1. The number of benzene rings is 1. The van der Waals surface area contributed by atoms with Gasteiger partial charge in [-0.1, -0.05) is 12.1 Å². The van der Waals surface area contributed by atoms with Crippen LogP contribution in [0.5, 0.6) is 0 Å². The van der Waals surface area contributed by atoms with E-state index in [1.54, 1.807) is 24.5 Å². The SMILES string of the molecule is O=S(=O)(Nc1cccc2ccncc12)c1cncc(Br)c1. The molecule has 0 unspecified atom stereocenters. The summed E-state index contributed by atoms with van der Waals surface area (Å²) >= 11 is 3.22. The quantitative estimate of drug-likeness (QED) is 0.775. The summed E-state index contributed by atoms with van der Waals surface area (Å²) in [6.45, 7) is 0. The van der Waals surface area contributed by atoms with Gasteiger partial charge in [0.25, 0.3) is 10.0 Å². The molecular formula is C14H10BrN3O2S. The highest BCUT2D eigenvalue weighted by Gasteiger charge is 2.16. The van der Waals surface area contributed by atoms with Crippen molar-refractivity contribution in [2.45, 2.75) is 4.90 Å². The molecule has 0 amide bonds. The van der Waals surface area contributed by atoms with Crippen LogP contribution in [0.2, 0.25) is 0 Å². The molecule has 0 fully saturated rings. The highest BCUT2D eigenvalue weighted by molar-refractivity contribution is 9.10. The topological polar surface area (TPSA) is 72.0 Å². The number of nitrogens with zero attached hydrogens (tertiary/aromatic N) is 2. The van der Waals surface area contributed by atoms with Crippen molar-refractivity contribution in [1.82, 2.24) is 9.97 Å². The molecule has 3 rings (SSSR count). The second-order valence-corrected chi connectivity index (χ2v) is 6.94. The second-order valence-electron chi connectivity index (χ2n) is 4.35. The Kier molecular flexibility index (Phi) is 3.60. The standard InChI is InChI=1S/C14H10BrN3O2S/c15-11-6-12(8-17-7-11)21(19,20)18-14-3-1-2-10-4-5-16-9-13(10)14/h1-9,18H. The summed E-state index contributed by atoms with van der Waals surface area (Å²) in [7, 11) is -3.70. The van der Waals surface area contributed by atoms with Gasteiger partial charge < -0.3 is 0 Å². The predicted octanol–water partition coefficient (Wildman–Crippen LogP) is 3.19. The van der Waals surface area contributed by atoms with Crippen LogP contribution in [0.3, 0.4) is 0 Å². The fraction of sp³-hybridized carbons (Fsp3) is 0. The molecule has 0 radical (unpaired) electrons. The van der Waals surface area contributed by atoms with Gasteiger partial charge in [0.15, 0.2) is 0 Å². The van der Waals surface area contributed by atoms with Crippen LogP contribution in [-0.4, -0.2) is 18.4 Å². The summed E-state index contributed by atoms with van der Waals surface area (Å²) in [4.78, 5) is 8.01. The average molecular weight is 364 g/mol. The van der Waals surface area contributed by atoms with E-state index in [9.17, 15) is 8.42 Å². The third kappa shape index (κ3) is 2.88. The molecule has 7 heteroatoms. The smallest absolute Gasteiger partial charge is 0.263 e. The Bertz CT molecular complexity index is 907. The van der Waals surface area contributed by atoms with Crippen molar-refractivity contribution in [1.29, 1.82) is 0 Å². The Morgan fingerprint density at radius 1 is 1.05 bits per heavy atom.